The largest absolute Gasteiger partial charge is 0.216 e. The Kier molecular flexibility index (Phi) is 3.95. The van der Waals surface area contributed by atoms with Crippen LogP contribution < -0.4 is 0 Å². The standard InChI is InChI=1S/C10H21NO2S/c1-4-5-8-11(10-6-7-10)14(12,13)9(2)3/h9-10H,4-8H2,1-3H3. The molecule has 1 saturated carbocycles. The van der Waals surface area contributed by atoms with E-state index >= 15 is 0 Å². The first-order valence-corrected chi connectivity index (χ1v) is 7.01. The molecule has 0 aliphatic heterocycles. The molecule has 0 spiro atoms. The summed E-state index contributed by atoms with van der Waals surface area (Å²) in [5.41, 5.74) is 0. The van der Waals surface area contributed by atoms with Gasteiger partial charge < -0.3 is 0 Å². The molecule has 3 nitrogen and oxygen atoms in total. The molecule has 0 aromatic heterocycles. The second kappa shape index (κ2) is 4.62. The van der Waals surface area contributed by atoms with Crippen LogP contribution in [-0.2, 0) is 10.0 Å². The second-order valence-electron chi connectivity index (χ2n) is 4.29. The lowest BCUT2D eigenvalue weighted by molar-refractivity contribution is 0.391. The summed E-state index contributed by atoms with van der Waals surface area (Å²) in [5, 5.41) is -0.278. The van der Waals surface area contributed by atoms with Gasteiger partial charge in [-0.2, -0.15) is 4.31 Å². The molecule has 0 aromatic rings. The third kappa shape index (κ3) is 2.70. The Balaban J connectivity index is 2.66. The van der Waals surface area contributed by atoms with E-state index in [0.29, 0.717) is 12.6 Å². The molecule has 1 rings (SSSR count). The number of nitrogens with zero attached hydrogens (tertiary/aromatic N) is 1. The minimum absolute atomic E-state index is 0.278. The normalized spacial score (nSPS) is 18.1. The summed E-state index contributed by atoms with van der Waals surface area (Å²) in [7, 11) is -3.01. The molecule has 0 radical (unpaired) electrons. The van der Waals surface area contributed by atoms with Gasteiger partial charge in [0.1, 0.15) is 0 Å². The van der Waals surface area contributed by atoms with Gasteiger partial charge >= 0.3 is 0 Å². The van der Waals surface area contributed by atoms with Gasteiger partial charge in [0.05, 0.1) is 5.25 Å². The SMILES string of the molecule is CCCCN(C1CC1)S(=O)(=O)C(C)C. The van der Waals surface area contributed by atoms with Crippen molar-refractivity contribution in [1.82, 2.24) is 4.31 Å². The van der Waals surface area contributed by atoms with Crippen LogP contribution in [0.3, 0.4) is 0 Å². The zero-order chi connectivity index (χ0) is 10.8. The van der Waals surface area contributed by atoms with Crippen molar-refractivity contribution < 1.29 is 8.42 Å². The summed E-state index contributed by atoms with van der Waals surface area (Å²) in [4.78, 5) is 0. The molecule has 1 aliphatic rings. The highest BCUT2D eigenvalue weighted by Gasteiger charge is 2.37. The van der Waals surface area contributed by atoms with Crippen molar-refractivity contribution >= 4 is 10.0 Å². The van der Waals surface area contributed by atoms with Gasteiger partial charge in [-0.05, 0) is 33.1 Å². The predicted octanol–water partition coefficient (Wildman–Crippen LogP) is 1.99. The van der Waals surface area contributed by atoms with Gasteiger partial charge in [-0.1, -0.05) is 13.3 Å². The molecule has 0 bridgehead atoms. The lowest BCUT2D eigenvalue weighted by atomic mass is 10.3. The molecule has 0 N–H and O–H groups in total. The van der Waals surface area contributed by atoms with E-state index in [1.807, 2.05) is 0 Å². The van der Waals surface area contributed by atoms with Gasteiger partial charge in [0.15, 0.2) is 0 Å². The van der Waals surface area contributed by atoms with Crippen molar-refractivity contribution in [2.24, 2.45) is 0 Å². The summed E-state index contributed by atoms with van der Waals surface area (Å²) < 4.78 is 25.6. The van der Waals surface area contributed by atoms with Crippen LogP contribution in [0.2, 0.25) is 0 Å². The maximum atomic E-state index is 11.9. The van der Waals surface area contributed by atoms with Crippen LogP contribution in [0.1, 0.15) is 46.5 Å². The topological polar surface area (TPSA) is 37.4 Å². The van der Waals surface area contributed by atoms with Crippen molar-refractivity contribution in [1.29, 1.82) is 0 Å². The van der Waals surface area contributed by atoms with Crippen LogP contribution >= 0.6 is 0 Å². The van der Waals surface area contributed by atoms with Crippen molar-refractivity contribution in [3.05, 3.63) is 0 Å². The van der Waals surface area contributed by atoms with Crippen LogP contribution in [0, 0.1) is 0 Å². The Hall–Kier alpha value is -0.0900. The van der Waals surface area contributed by atoms with E-state index in [-0.39, 0.29) is 5.25 Å². The van der Waals surface area contributed by atoms with E-state index in [1.54, 1.807) is 18.2 Å². The first kappa shape index (κ1) is 12.0. The average molecular weight is 219 g/mol. The molecule has 0 saturated heterocycles. The van der Waals surface area contributed by atoms with E-state index in [1.165, 1.54) is 0 Å². The maximum absolute atomic E-state index is 11.9. The fraction of sp³-hybridized carbons (Fsp3) is 1.00. The van der Waals surface area contributed by atoms with Gasteiger partial charge in [0, 0.05) is 12.6 Å². The molecule has 0 unspecified atom stereocenters. The Morgan fingerprint density at radius 2 is 1.93 bits per heavy atom. The summed E-state index contributed by atoms with van der Waals surface area (Å²) in [5.74, 6) is 0. The number of unbranched alkanes of at least 4 members (excludes halogenated alkanes) is 1. The van der Waals surface area contributed by atoms with Crippen LogP contribution in [0.25, 0.3) is 0 Å². The lowest BCUT2D eigenvalue weighted by Gasteiger charge is -2.23. The maximum Gasteiger partial charge on any atom is 0.216 e. The zero-order valence-electron chi connectivity index (χ0n) is 9.36. The van der Waals surface area contributed by atoms with E-state index < -0.39 is 10.0 Å². The monoisotopic (exact) mass is 219 g/mol. The Bertz CT molecular complexity index is 268. The van der Waals surface area contributed by atoms with Crippen molar-refractivity contribution in [2.75, 3.05) is 6.54 Å². The number of hydrogen-bond donors (Lipinski definition) is 0. The third-order valence-electron chi connectivity index (χ3n) is 2.61. The molecule has 14 heavy (non-hydrogen) atoms. The minimum atomic E-state index is -3.01. The Morgan fingerprint density at radius 3 is 2.29 bits per heavy atom. The van der Waals surface area contributed by atoms with Crippen molar-refractivity contribution in [3.8, 4) is 0 Å². The summed E-state index contributed by atoms with van der Waals surface area (Å²) in [6.45, 7) is 6.32. The molecule has 84 valence electrons. The van der Waals surface area contributed by atoms with Gasteiger partial charge in [-0.25, -0.2) is 8.42 Å². The molecule has 1 fully saturated rings. The lowest BCUT2D eigenvalue weighted by Crippen LogP contribution is -2.38. The van der Waals surface area contributed by atoms with Gasteiger partial charge in [0.25, 0.3) is 0 Å². The van der Waals surface area contributed by atoms with E-state index in [4.69, 9.17) is 0 Å². The van der Waals surface area contributed by atoms with Crippen LogP contribution in [0.4, 0.5) is 0 Å². The van der Waals surface area contributed by atoms with Gasteiger partial charge in [-0.15, -0.1) is 0 Å². The quantitative estimate of drug-likeness (QED) is 0.685. The van der Waals surface area contributed by atoms with Crippen LogP contribution in [0.15, 0.2) is 0 Å². The Labute approximate surface area is 87.5 Å². The first-order valence-electron chi connectivity index (χ1n) is 5.50. The number of rotatable bonds is 6. The highest BCUT2D eigenvalue weighted by atomic mass is 32.2. The van der Waals surface area contributed by atoms with E-state index in [2.05, 4.69) is 6.92 Å². The van der Waals surface area contributed by atoms with Crippen LogP contribution in [-0.4, -0.2) is 30.6 Å². The van der Waals surface area contributed by atoms with Crippen molar-refractivity contribution in [2.45, 2.75) is 57.7 Å². The molecule has 0 atom stereocenters. The smallest absolute Gasteiger partial charge is 0.212 e. The molecule has 0 amide bonds. The highest BCUT2D eigenvalue weighted by Crippen LogP contribution is 2.30. The van der Waals surface area contributed by atoms with Gasteiger partial charge in [-0.3, -0.25) is 0 Å². The average Bonchev–Trinajstić information content (AvgIpc) is 2.88. The molecular weight excluding hydrogens is 198 g/mol. The van der Waals surface area contributed by atoms with E-state index in [0.717, 1.165) is 25.7 Å². The summed E-state index contributed by atoms with van der Waals surface area (Å²) in [6, 6.07) is 0.314. The molecule has 0 aromatic carbocycles. The molecule has 0 heterocycles. The second-order valence-corrected chi connectivity index (χ2v) is 6.73. The Morgan fingerprint density at radius 1 is 1.36 bits per heavy atom. The highest BCUT2D eigenvalue weighted by molar-refractivity contribution is 7.89. The number of hydrogen-bond acceptors (Lipinski definition) is 2. The molecule has 4 heteroatoms. The summed E-state index contributed by atoms with van der Waals surface area (Å²) in [6.07, 6.45) is 4.13. The third-order valence-corrected chi connectivity index (χ3v) is 4.93. The fourth-order valence-electron chi connectivity index (χ4n) is 1.46. The fourth-order valence-corrected chi connectivity index (χ4v) is 3.02. The summed E-state index contributed by atoms with van der Waals surface area (Å²) >= 11 is 0. The van der Waals surface area contributed by atoms with Gasteiger partial charge in [0.2, 0.25) is 10.0 Å². The minimum Gasteiger partial charge on any atom is -0.212 e. The zero-order valence-corrected chi connectivity index (χ0v) is 10.2. The molecular formula is C10H21NO2S. The molecule has 1 aliphatic carbocycles. The van der Waals surface area contributed by atoms with Crippen LogP contribution in [0.5, 0.6) is 0 Å². The predicted molar refractivity (Wildman–Crippen MR) is 58.7 cm³/mol. The number of sulfonamides is 1. The first-order chi connectivity index (χ1) is 6.50. The van der Waals surface area contributed by atoms with Crippen molar-refractivity contribution in [3.63, 3.8) is 0 Å². The van der Waals surface area contributed by atoms with E-state index in [9.17, 15) is 8.42 Å².